The maximum Gasteiger partial charge on any atom is 0.229 e. The summed E-state index contributed by atoms with van der Waals surface area (Å²) in [5, 5.41) is 8.06. The van der Waals surface area contributed by atoms with Gasteiger partial charge < -0.3 is 20.1 Å². The molecule has 2 aliphatic rings. The van der Waals surface area contributed by atoms with Gasteiger partial charge in [-0.3, -0.25) is 14.9 Å². The molecular formula is C27H29BrN7O2P. The normalized spacial score (nSPS) is 15.8. The zero-order chi connectivity index (χ0) is 26.2. The van der Waals surface area contributed by atoms with E-state index in [0.717, 1.165) is 70.7 Å². The van der Waals surface area contributed by atoms with Crippen LogP contribution in [-0.4, -0.2) is 71.1 Å². The Labute approximate surface area is 231 Å². The molecular weight excluding hydrogens is 565 g/mol. The van der Waals surface area contributed by atoms with Crippen LogP contribution in [0.4, 0.5) is 23.1 Å². The number of halogens is 1. The zero-order valence-corrected chi connectivity index (χ0v) is 24.0. The van der Waals surface area contributed by atoms with Crippen molar-refractivity contribution in [2.75, 3.05) is 50.8 Å². The number of anilines is 4. The molecule has 0 bridgehead atoms. The van der Waals surface area contributed by atoms with Crippen LogP contribution in [0.5, 0.6) is 5.75 Å². The molecule has 0 saturated carbocycles. The third-order valence-electron chi connectivity index (χ3n) is 7.01. The van der Waals surface area contributed by atoms with E-state index in [1.165, 1.54) is 11.1 Å². The number of ether oxygens (including phenoxy) is 2. The topological polar surface area (TPSA) is 97.3 Å². The van der Waals surface area contributed by atoms with Gasteiger partial charge in [0.15, 0.2) is 0 Å². The van der Waals surface area contributed by atoms with E-state index in [9.17, 15) is 0 Å². The van der Waals surface area contributed by atoms with Crippen LogP contribution < -0.4 is 20.7 Å². The van der Waals surface area contributed by atoms with Crippen molar-refractivity contribution in [3.05, 3.63) is 58.5 Å². The molecule has 0 atom stereocenters. The van der Waals surface area contributed by atoms with Gasteiger partial charge in [-0.2, -0.15) is 4.98 Å². The molecule has 0 radical (unpaired) electrons. The number of hydrogen-bond donors (Lipinski definition) is 2. The predicted octanol–water partition coefficient (Wildman–Crippen LogP) is 4.80. The number of nitrogens with zero attached hydrogens (tertiary/aromatic N) is 5. The fourth-order valence-electron chi connectivity index (χ4n) is 4.96. The van der Waals surface area contributed by atoms with E-state index in [2.05, 4.69) is 71.9 Å². The second-order valence-electron chi connectivity index (χ2n) is 9.65. The molecule has 4 heterocycles. The molecule has 2 N–H and O–H groups in total. The second-order valence-corrected chi connectivity index (χ2v) is 12.7. The highest BCUT2D eigenvalue weighted by molar-refractivity contribution is 9.10. The Kier molecular flexibility index (Phi) is 7.14. The van der Waals surface area contributed by atoms with E-state index < -0.39 is 7.92 Å². The van der Waals surface area contributed by atoms with Gasteiger partial charge in [0.25, 0.3) is 0 Å². The molecule has 1 saturated heterocycles. The molecule has 4 aromatic rings. The van der Waals surface area contributed by atoms with Crippen molar-refractivity contribution in [1.29, 1.82) is 0 Å². The predicted molar refractivity (Wildman–Crippen MR) is 156 cm³/mol. The van der Waals surface area contributed by atoms with Crippen LogP contribution in [0.3, 0.4) is 0 Å². The smallest absolute Gasteiger partial charge is 0.229 e. The highest BCUT2D eigenvalue weighted by Crippen LogP contribution is 2.36. The van der Waals surface area contributed by atoms with Crippen molar-refractivity contribution >= 4 is 63.3 Å². The molecule has 2 aromatic heterocycles. The second kappa shape index (κ2) is 10.7. The standard InChI is InChI=1S/C27H29BrN7O2P/c1-36-23-11-17-13-35(18-14-37-15-18)9-6-16(17)10-22(23)33-27-31-12-19(28)26(34-27)32-21-5-4-20-24(25(21)38(2)3)30-8-7-29-20/h4-5,7-8,10-12,18H,6,9,13-15H2,1-3H3,(H2,31,32,33,34). The molecule has 2 aliphatic heterocycles. The number of aromatic nitrogens is 4. The minimum atomic E-state index is -0.452. The Morgan fingerprint density at radius 3 is 2.66 bits per heavy atom. The van der Waals surface area contributed by atoms with Gasteiger partial charge in [-0.25, -0.2) is 4.98 Å². The van der Waals surface area contributed by atoms with E-state index in [-0.39, 0.29) is 0 Å². The Morgan fingerprint density at radius 1 is 1.05 bits per heavy atom. The summed E-state index contributed by atoms with van der Waals surface area (Å²) in [5.74, 6) is 1.92. The molecule has 0 amide bonds. The van der Waals surface area contributed by atoms with Crippen LogP contribution >= 0.6 is 23.9 Å². The van der Waals surface area contributed by atoms with Gasteiger partial charge in [-0.15, -0.1) is 0 Å². The molecule has 9 nitrogen and oxygen atoms in total. The van der Waals surface area contributed by atoms with Gasteiger partial charge in [0.1, 0.15) is 11.6 Å². The van der Waals surface area contributed by atoms with Crippen LogP contribution in [-0.2, 0) is 17.7 Å². The maximum atomic E-state index is 5.76. The average Bonchev–Trinajstić information content (AvgIpc) is 2.89. The molecule has 1 fully saturated rings. The van der Waals surface area contributed by atoms with Gasteiger partial charge in [-0.1, -0.05) is 7.92 Å². The molecule has 196 valence electrons. The highest BCUT2D eigenvalue weighted by atomic mass is 79.9. The number of fused-ring (bicyclic) bond motifs is 2. The van der Waals surface area contributed by atoms with Crippen LogP contribution in [0.25, 0.3) is 11.0 Å². The van der Waals surface area contributed by atoms with Crippen molar-refractivity contribution in [2.24, 2.45) is 0 Å². The van der Waals surface area contributed by atoms with E-state index >= 15 is 0 Å². The van der Waals surface area contributed by atoms with Gasteiger partial charge in [0.2, 0.25) is 5.95 Å². The van der Waals surface area contributed by atoms with Crippen molar-refractivity contribution in [3.63, 3.8) is 0 Å². The van der Waals surface area contributed by atoms with Crippen molar-refractivity contribution < 1.29 is 9.47 Å². The summed E-state index contributed by atoms with van der Waals surface area (Å²) >= 11 is 3.61. The van der Waals surface area contributed by atoms with Gasteiger partial charge in [0, 0.05) is 42.7 Å². The average molecular weight is 594 g/mol. The van der Waals surface area contributed by atoms with Crippen molar-refractivity contribution in [3.8, 4) is 5.75 Å². The molecule has 0 aliphatic carbocycles. The van der Waals surface area contributed by atoms with Gasteiger partial charge in [-0.05, 0) is 71.1 Å². The summed E-state index contributed by atoms with van der Waals surface area (Å²) < 4.78 is 11.9. The van der Waals surface area contributed by atoms with Gasteiger partial charge >= 0.3 is 0 Å². The SMILES string of the molecule is COc1cc2c(cc1Nc1ncc(Br)c(Nc3ccc4nccnc4c3P(C)C)n1)CCN(C1COC1)C2. The minimum absolute atomic E-state index is 0.452. The third kappa shape index (κ3) is 4.94. The number of methoxy groups -OCH3 is 1. The van der Waals surface area contributed by atoms with Crippen LogP contribution in [0.2, 0.25) is 0 Å². The molecule has 6 rings (SSSR count). The summed E-state index contributed by atoms with van der Waals surface area (Å²) in [6.07, 6.45) is 6.20. The number of benzene rings is 2. The van der Waals surface area contributed by atoms with Crippen LogP contribution in [0.15, 0.2) is 47.3 Å². The monoisotopic (exact) mass is 593 g/mol. The van der Waals surface area contributed by atoms with Crippen LogP contribution in [0, 0.1) is 0 Å². The first-order chi connectivity index (χ1) is 18.5. The fourth-order valence-corrected chi connectivity index (χ4v) is 6.46. The largest absolute Gasteiger partial charge is 0.495 e. The van der Waals surface area contributed by atoms with E-state index in [4.69, 9.17) is 14.5 Å². The number of nitrogens with one attached hydrogen (secondary N) is 2. The third-order valence-corrected chi connectivity index (χ3v) is 8.93. The molecule has 11 heteroatoms. The Bertz CT molecular complexity index is 1500. The molecule has 0 spiro atoms. The lowest BCUT2D eigenvalue weighted by molar-refractivity contribution is -0.0695. The Hall–Kier alpha value is -2.91. The summed E-state index contributed by atoms with van der Waals surface area (Å²) in [7, 11) is 1.24. The highest BCUT2D eigenvalue weighted by Gasteiger charge is 2.29. The number of hydrogen-bond acceptors (Lipinski definition) is 9. The molecule has 2 aromatic carbocycles. The minimum Gasteiger partial charge on any atom is -0.495 e. The van der Waals surface area contributed by atoms with Crippen molar-refractivity contribution in [1.82, 2.24) is 24.8 Å². The Balaban J connectivity index is 1.28. The van der Waals surface area contributed by atoms with Crippen LogP contribution in [0.1, 0.15) is 11.1 Å². The first-order valence-electron chi connectivity index (χ1n) is 12.5. The summed E-state index contributed by atoms with van der Waals surface area (Å²) in [6, 6.07) is 8.86. The lowest BCUT2D eigenvalue weighted by Gasteiger charge is -2.40. The Morgan fingerprint density at radius 2 is 1.89 bits per heavy atom. The maximum absolute atomic E-state index is 5.76. The van der Waals surface area contributed by atoms with E-state index in [0.29, 0.717) is 17.8 Å². The molecule has 0 unspecified atom stereocenters. The first-order valence-corrected chi connectivity index (χ1v) is 15.5. The lowest BCUT2D eigenvalue weighted by Crippen LogP contribution is -2.50. The fraction of sp³-hybridized carbons (Fsp3) is 0.333. The van der Waals surface area contributed by atoms with Gasteiger partial charge in [0.05, 0.1) is 47.6 Å². The van der Waals surface area contributed by atoms with Crippen molar-refractivity contribution in [2.45, 2.75) is 19.0 Å². The van der Waals surface area contributed by atoms with E-state index in [1.807, 2.05) is 12.1 Å². The first kappa shape index (κ1) is 25.4. The zero-order valence-electron chi connectivity index (χ0n) is 21.5. The number of rotatable bonds is 7. The summed E-state index contributed by atoms with van der Waals surface area (Å²) in [6.45, 7) is 8.04. The summed E-state index contributed by atoms with van der Waals surface area (Å²) in [5.41, 5.74) is 6.24. The lowest BCUT2D eigenvalue weighted by atomic mass is 9.97. The van der Waals surface area contributed by atoms with E-state index in [1.54, 1.807) is 25.7 Å². The quantitative estimate of drug-likeness (QED) is 0.293. The molecule has 38 heavy (non-hydrogen) atoms. The summed E-state index contributed by atoms with van der Waals surface area (Å²) in [4.78, 5) is 20.9.